The van der Waals surface area contributed by atoms with Crippen molar-refractivity contribution in [3.05, 3.63) is 78.0 Å². The van der Waals surface area contributed by atoms with E-state index in [1.807, 2.05) is 24.3 Å². The number of aromatic amines is 1. The van der Waals surface area contributed by atoms with Gasteiger partial charge in [0.25, 0.3) is 0 Å². The van der Waals surface area contributed by atoms with E-state index < -0.39 is 5.97 Å². The summed E-state index contributed by atoms with van der Waals surface area (Å²) >= 11 is 0. The smallest absolute Gasteiger partial charge is 0.328 e. The van der Waals surface area contributed by atoms with Crippen molar-refractivity contribution in [3.8, 4) is 0 Å². The van der Waals surface area contributed by atoms with Gasteiger partial charge in [-0.05, 0) is 54.7 Å². The van der Waals surface area contributed by atoms with E-state index in [0.717, 1.165) is 30.3 Å². The lowest BCUT2D eigenvalue weighted by molar-refractivity contribution is -0.131. The van der Waals surface area contributed by atoms with Gasteiger partial charge in [-0.15, -0.1) is 0 Å². The number of hydrogen-bond donors (Lipinski definition) is 3. The number of H-pyrrole nitrogens is 1. The molecule has 0 aliphatic carbocycles. The molecule has 4 heteroatoms. The molecule has 0 spiro atoms. The van der Waals surface area contributed by atoms with Crippen LogP contribution in [0.1, 0.15) is 68.9 Å². The molecular weight excluding hydrogens is 408 g/mol. The molecule has 0 saturated carbocycles. The summed E-state index contributed by atoms with van der Waals surface area (Å²) in [6.45, 7) is 0.979. The third-order valence-electron chi connectivity index (χ3n) is 5.87. The Balaban J connectivity index is 1.15. The molecule has 0 unspecified atom stereocenters. The molecule has 3 N–H and O–H groups in total. The molecule has 33 heavy (non-hydrogen) atoms. The fourth-order valence-electron chi connectivity index (χ4n) is 4.00. The number of carbonyl (C=O) groups is 1. The van der Waals surface area contributed by atoms with Gasteiger partial charge in [0, 0.05) is 35.4 Å². The van der Waals surface area contributed by atoms with Gasteiger partial charge in [0.2, 0.25) is 0 Å². The highest BCUT2D eigenvalue weighted by Gasteiger charge is 1.98. The molecule has 3 rings (SSSR count). The Labute approximate surface area is 197 Å². The van der Waals surface area contributed by atoms with Crippen molar-refractivity contribution in [2.45, 2.75) is 57.8 Å². The first-order chi connectivity index (χ1) is 16.2. The van der Waals surface area contributed by atoms with E-state index in [0.29, 0.717) is 0 Å². The molecule has 0 atom stereocenters. The summed E-state index contributed by atoms with van der Waals surface area (Å²) in [5, 5.41) is 13.4. The predicted molar refractivity (Wildman–Crippen MR) is 140 cm³/mol. The lowest BCUT2D eigenvalue weighted by Crippen LogP contribution is -2.01. The Hall–Kier alpha value is -3.27. The van der Waals surface area contributed by atoms with Crippen LogP contribution in [0.4, 0.5) is 5.69 Å². The van der Waals surface area contributed by atoms with Crippen molar-refractivity contribution >= 4 is 34.7 Å². The zero-order chi connectivity index (χ0) is 23.1. The van der Waals surface area contributed by atoms with E-state index >= 15 is 0 Å². The standard InChI is InChI=1S/C29H36N2O2/c32-29(33)21-18-24-16-19-26(20-17-24)30-22-12-8-6-4-2-1-3-5-7-9-13-25-23-31-28-15-11-10-14-27(25)28/h9-11,13-21,23,30-31H,1-8,12,22H2,(H,32,33)/b13-9+,21-18+. The first-order valence-corrected chi connectivity index (χ1v) is 12.2. The lowest BCUT2D eigenvalue weighted by Gasteiger charge is -2.07. The minimum absolute atomic E-state index is 0.897. The molecule has 0 amide bonds. The first kappa shape index (κ1) is 24.4. The number of anilines is 1. The molecule has 0 aliphatic rings. The number of nitrogens with one attached hydrogen (secondary N) is 2. The number of carboxylic acids is 1. The number of unbranched alkanes of at least 4 members (excludes halogenated alkanes) is 8. The summed E-state index contributed by atoms with van der Waals surface area (Å²) < 4.78 is 0. The molecule has 3 aromatic rings. The third-order valence-corrected chi connectivity index (χ3v) is 5.87. The number of aliphatic carboxylic acids is 1. The van der Waals surface area contributed by atoms with Crippen molar-refractivity contribution in [2.75, 3.05) is 11.9 Å². The summed E-state index contributed by atoms with van der Waals surface area (Å²) in [6.07, 6.45) is 20.9. The van der Waals surface area contributed by atoms with Gasteiger partial charge in [-0.25, -0.2) is 4.79 Å². The molecule has 174 valence electrons. The normalized spacial score (nSPS) is 11.6. The fourth-order valence-corrected chi connectivity index (χ4v) is 4.00. The second-order valence-electron chi connectivity index (χ2n) is 8.53. The van der Waals surface area contributed by atoms with E-state index in [-0.39, 0.29) is 0 Å². The number of fused-ring (bicyclic) bond motifs is 1. The Kier molecular flexibility index (Phi) is 10.3. The topological polar surface area (TPSA) is 65.1 Å². The molecule has 4 nitrogen and oxygen atoms in total. The van der Waals surface area contributed by atoms with Crippen LogP contribution in [0.3, 0.4) is 0 Å². The van der Waals surface area contributed by atoms with E-state index in [2.05, 4.69) is 52.9 Å². The number of para-hydroxylation sites is 1. The SMILES string of the molecule is O=C(O)/C=C/c1ccc(NCCCCCCCCCC/C=C/c2c[nH]c3ccccc23)cc1. The number of hydrogen-bond acceptors (Lipinski definition) is 2. The lowest BCUT2D eigenvalue weighted by atomic mass is 10.1. The summed E-state index contributed by atoms with van der Waals surface area (Å²) in [6, 6.07) is 16.3. The Bertz CT molecular complexity index is 1030. The molecule has 0 saturated heterocycles. The van der Waals surface area contributed by atoms with Crippen molar-refractivity contribution in [1.82, 2.24) is 4.98 Å². The summed E-state index contributed by atoms with van der Waals surface area (Å²) in [4.78, 5) is 13.9. The van der Waals surface area contributed by atoms with Crippen molar-refractivity contribution in [2.24, 2.45) is 0 Å². The number of allylic oxidation sites excluding steroid dienone is 1. The van der Waals surface area contributed by atoms with Crippen molar-refractivity contribution in [1.29, 1.82) is 0 Å². The van der Waals surface area contributed by atoms with E-state index in [9.17, 15) is 4.79 Å². The molecule has 0 radical (unpaired) electrons. The van der Waals surface area contributed by atoms with Gasteiger partial charge in [0.1, 0.15) is 0 Å². The van der Waals surface area contributed by atoms with Crippen LogP contribution >= 0.6 is 0 Å². The van der Waals surface area contributed by atoms with Gasteiger partial charge >= 0.3 is 5.97 Å². The zero-order valence-corrected chi connectivity index (χ0v) is 19.4. The Morgan fingerprint density at radius 1 is 0.848 bits per heavy atom. The second-order valence-corrected chi connectivity index (χ2v) is 8.53. The molecule has 0 bridgehead atoms. The van der Waals surface area contributed by atoms with Crippen LogP contribution in [0, 0.1) is 0 Å². The van der Waals surface area contributed by atoms with E-state index in [4.69, 9.17) is 5.11 Å². The number of carboxylic acid groups (broad SMARTS) is 1. The van der Waals surface area contributed by atoms with Gasteiger partial charge in [-0.3, -0.25) is 0 Å². The van der Waals surface area contributed by atoms with E-state index in [1.54, 1.807) is 6.08 Å². The largest absolute Gasteiger partial charge is 0.478 e. The first-order valence-electron chi connectivity index (χ1n) is 12.2. The van der Waals surface area contributed by atoms with Crippen LogP contribution in [0.25, 0.3) is 23.1 Å². The monoisotopic (exact) mass is 444 g/mol. The van der Waals surface area contributed by atoms with E-state index in [1.165, 1.54) is 67.8 Å². The maximum Gasteiger partial charge on any atom is 0.328 e. The quantitative estimate of drug-likeness (QED) is 0.165. The van der Waals surface area contributed by atoms with Crippen LogP contribution in [0.5, 0.6) is 0 Å². The molecule has 0 aliphatic heterocycles. The molecule has 1 aromatic heterocycles. The molecule has 0 fully saturated rings. The summed E-state index contributed by atoms with van der Waals surface area (Å²) in [7, 11) is 0. The minimum atomic E-state index is -0.924. The number of aromatic nitrogens is 1. The van der Waals surface area contributed by atoms with Gasteiger partial charge in [0.15, 0.2) is 0 Å². The second kappa shape index (κ2) is 14.0. The summed E-state index contributed by atoms with van der Waals surface area (Å²) in [5.74, 6) is -0.924. The number of rotatable bonds is 15. The highest BCUT2D eigenvalue weighted by Crippen LogP contribution is 2.19. The Morgan fingerprint density at radius 2 is 1.55 bits per heavy atom. The Morgan fingerprint density at radius 3 is 2.30 bits per heavy atom. The fraction of sp³-hybridized carbons (Fsp3) is 0.345. The highest BCUT2D eigenvalue weighted by atomic mass is 16.4. The highest BCUT2D eigenvalue weighted by molar-refractivity contribution is 5.88. The number of benzene rings is 2. The zero-order valence-electron chi connectivity index (χ0n) is 19.4. The van der Waals surface area contributed by atoms with Gasteiger partial charge in [-0.1, -0.05) is 81.0 Å². The maximum atomic E-state index is 10.5. The van der Waals surface area contributed by atoms with Gasteiger partial charge < -0.3 is 15.4 Å². The van der Waals surface area contributed by atoms with Crippen LogP contribution in [0.2, 0.25) is 0 Å². The average molecular weight is 445 g/mol. The third kappa shape index (κ3) is 9.01. The van der Waals surface area contributed by atoms with Crippen LogP contribution in [-0.4, -0.2) is 22.6 Å². The average Bonchev–Trinajstić information content (AvgIpc) is 3.24. The van der Waals surface area contributed by atoms with Gasteiger partial charge in [-0.2, -0.15) is 0 Å². The molecular formula is C29H36N2O2. The van der Waals surface area contributed by atoms with Crippen molar-refractivity contribution < 1.29 is 9.90 Å². The van der Waals surface area contributed by atoms with Crippen molar-refractivity contribution in [3.63, 3.8) is 0 Å². The molecule has 1 heterocycles. The van der Waals surface area contributed by atoms with Crippen LogP contribution in [-0.2, 0) is 4.79 Å². The minimum Gasteiger partial charge on any atom is -0.478 e. The molecule has 2 aromatic carbocycles. The van der Waals surface area contributed by atoms with Crippen LogP contribution in [0.15, 0.2) is 66.9 Å². The van der Waals surface area contributed by atoms with Gasteiger partial charge in [0.05, 0.1) is 0 Å². The maximum absolute atomic E-state index is 10.5. The predicted octanol–water partition coefficient (Wildman–Crippen LogP) is 7.90. The van der Waals surface area contributed by atoms with Crippen LogP contribution < -0.4 is 5.32 Å². The summed E-state index contributed by atoms with van der Waals surface area (Å²) in [5.41, 5.74) is 4.47.